The van der Waals surface area contributed by atoms with Gasteiger partial charge in [-0.25, -0.2) is 4.79 Å². The Kier molecular flexibility index (Phi) is 5.90. The smallest absolute Gasteiger partial charge is 0.336 e. The van der Waals surface area contributed by atoms with Crippen LogP contribution in [0, 0.1) is 6.92 Å². The van der Waals surface area contributed by atoms with Crippen molar-refractivity contribution in [3.05, 3.63) is 104 Å². The third kappa shape index (κ3) is 4.82. The first kappa shape index (κ1) is 19.6. The molecule has 4 rings (SSSR count). The lowest BCUT2D eigenvalue weighted by Gasteiger charge is -2.25. The maximum atomic E-state index is 12.1. The molecule has 0 aliphatic heterocycles. The van der Waals surface area contributed by atoms with Gasteiger partial charge in [-0.05, 0) is 52.1 Å². The van der Waals surface area contributed by atoms with Gasteiger partial charge >= 0.3 is 5.63 Å². The van der Waals surface area contributed by atoms with Crippen LogP contribution in [0.25, 0.3) is 11.0 Å². The lowest BCUT2D eigenvalue weighted by Crippen LogP contribution is -2.28. The van der Waals surface area contributed by atoms with Gasteiger partial charge in [0.1, 0.15) is 5.58 Å². The summed E-state index contributed by atoms with van der Waals surface area (Å²) in [6, 6.07) is 19.6. The van der Waals surface area contributed by atoms with E-state index in [4.69, 9.17) is 4.42 Å². The molecular formula is C24H23NO3S. The van der Waals surface area contributed by atoms with Crippen LogP contribution < -0.4 is 5.63 Å². The Morgan fingerprint density at radius 1 is 1.07 bits per heavy atom. The average Bonchev–Trinajstić information content (AvgIpc) is 3.23. The second-order valence-corrected chi connectivity index (χ2v) is 8.10. The maximum absolute atomic E-state index is 12.1. The van der Waals surface area contributed by atoms with E-state index in [9.17, 15) is 9.90 Å². The number of aliphatic hydroxyl groups is 1. The van der Waals surface area contributed by atoms with Crippen molar-refractivity contribution in [3.63, 3.8) is 0 Å². The van der Waals surface area contributed by atoms with E-state index in [1.165, 1.54) is 0 Å². The van der Waals surface area contributed by atoms with E-state index in [0.717, 1.165) is 27.6 Å². The zero-order valence-corrected chi connectivity index (χ0v) is 17.1. The van der Waals surface area contributed by atoms with Crippen molar-refractivity contribution in [2.24, 2.45) is 0 Å². The summed E-state index contributed by atoms with van der Waals surface area (Å²) < 4.78 is 5.40. The van der Waals surface area contributed by atoms with Crippen LogP contribution in [0.15, 0.2) is 80.6 Å². The Bertz CT molecular complexity index is 1140. The molecule has 0 saturated heterocycles. The molecular weight excluding hydrogens is 382 g/mol. The normalized spacial score (nSPS) is 12.5. The predicted octanol–water partition coefficient (Wildman–Crippen LogP) is 4.90. The Balaban J connectivity index is 1.66. The van der Waals surface area contributed by atoms with Gasteiger partial charge in [0.25, 0.3) is 0 Å². The first-order valence-electron chi connectivity index (χ1n) is 9.58. The van der Waals surface area contributed by atoms with Crippen molar-refractivity contribution in [1.82, 2.24) is 4.90 Å². The molecule has 1 atom stereocenters. The molecule has 0 fully saturated rings. The summed E-state index contributed by atoms with van der Waals surface area (Å²) >= 11 is 1.58. The van der Waals surface area contributed by atoms with E-state index in [1.807, 2.05) is 60.1 Å². The van der Waals surface area contributed by atoms with E-state index in [0.29, 0.717) is 25.2 Å². The minimum Gasteiger partial charge on any atom is -0.423 e. The highest BCUT2D eigenvalue weighted by Crippen LogP contribution is 2.23. The SMILES string of the molecule is Cc1ccc2c(CN(Cc3ccccc3)CC(O)c3ccsc3)cc(=O)oc2c1. The highest BCUT2D eigenvalue weighted by molar-refractivity contribution is 7.07. The molecule has 0 radical (unpaired) electrons. The van der Waals surface area contributed by atoms with Crippen molar-refractivity contribution in [3.8, 4) is 0 Å². The fraction of sp³-hybridized carbons (Fsp3) is 0.208. The molecule has 0 spiro atoms. The summed E-state index contributed by atoms with van der Waals surface area (Å²) in [5.74, 6) is 0. The topological polar surface area (TPSA) is 53.7 Å². The van der Waals surface area contributed by atoms with Crippen LogP contribution in [-0.2, 0) is 13.1 Å². The molecule has 0 aliphatic carbocycles. The van der Waals surface area contributed by atoms with Gasteiger partial charge in [-0.2, -0.15) is 11.3 Å². The van der Waals surface area contributed by atoms with E-state index < -0.39 is 6.10 Å². The van der Waals surface area contributed by atoms with E-state index in [1.54, 1.807) is 17.4 Å². The number of aliphatic hydroxyl groups excluding tert-OH is 1. The fourth-order valence-electron chi connectivity index (χ4n) is 3.55. The number of aryl methyl sites for hydroxylation is 1. The molecule has 0 amide bonds. The Morgan fingerprint density at radius 3 is 2.66 bits per heavy atom. The van der Waals surface area contributed by atoms with Gasteiger partial charge in [0.05, 0.1) is 6.10 Å². The third-order valence-corrected chi connectivity index (χ3v) is 5.69. The average molecular weight is 406 g/mol. The molecule has 1 N–H and O–H groups in total. The van der Waals surface area contributed by atoms with Crippen molar-refractivity contribution < 1.29 is 9.52 Å². The number of benzene rings is 2. The number of fused-ring (bicyclic) bond motifs is 1. The van der Waals surface area contributed by atoms with Crippen LogP contribution in [-0.4, -0.2) is 16.6 Å². The van der Waals surface area contributed by atoms with E-state index in [2.05, 4.69) is 17.0 Å². The number of rotatable bonds is 7. The first-order chi connectivity index (χ1) is 14.1. The lowest BCUT2D eigenvalue weighted by atomic mass is 10.1. The molecule has 0 saturated carbocycles. The molecule has 2 aromatic heterocycles. The van der Waals surface area contributed by atoms with Gasteiger partial charge in [-0.15, -0.1) is 0 Å². The summed E-state index contributed by atoms with van der Waals surface area (Å²) in [6.07, 6.45) is -0.585. The monoisotopic (exact) mass is 405 g/mol. The quantitative estimate of drug-likeness (QED) is 0.445. The Morgan fingerprint density at radius 2 is 1.90 bits per heavy atom. The summed E-state index contributed by atoms with van der Waals surface area (Å²) in [6.45, 7) is 3.67. The van der Waals surface area contributed by atoms with Gasteiger partial charge in [-0.1, -0.05) is 42.5 Å². The van der Waals surface area contributed by atoms with Gasteiger partial charge < -0.3 is 9.52 Å². The zero-order chi connectivity index (χ0) is 20.2. The molecule has 29 heavy (non-hydrogen) atoms. The second-order valence-electron chi connectivity index (χ2n) is 7.32. The van der Waals surface area contributed by atoms with Crippen LogP contribution in [0.4, 0.5) is 0 Å². The minimum atomic E-state index is -0.585. The largest absolute Gasteiger partial charge is 0.423 e. The summed E-state index contributed by atoms with van der Waals surface area (Å²) in [5, 5.41) is 15.6. The van der Waals surface area contributed by atoms with Crippen LogP contribution in [0.5, 0.6) is 0 Å². The van der Waals surface area contributed by atoms with Crippen molar-refractivity contribution in [1.29, 1.82) is 0 Å². The maximum Gasteiger partial charge on any atom is 0.336 e. The molecule has 5 heteroatoms. The van der Waals surface area contributed by atoms with Gasteiger partial charge in [0.2, 0.25) is 0 Å². The molecule has 4 aromatic rings. The fourth-order valence-corrected chi connectivity index (χ4v) is 4.26. The number of thiophene rings is 1. The summed E-state index contributed by atoms with van der Waals surface area (Å²) in [7, 11) is 0. The van der Waals surface area contributed by atoms with Crippen LogP contribution >= 0.6 is 11.3 Å². The third-order valence-electron chi connectivity index (χ3n) is 4.99. The molecule has 2 aromatic carbocycles. The van der Waals surface area contributed by atoms with Crippen LogP contribution in [0.1, 0.15) is 28.4 Å². The Hall–Kier alpha value is -2.73. The molecule has 0 bridgehead atoms. The molecule has 148 valence electrons. The zero-order valence-electron chi connectivity index (χ0n) is 16.2. The highest BCUT2D eigenvalue weighted by atomic mass is 32.1. The summed E-state index contributed by atoms with van der Waals surface area (Å²) in [5.41, 5.74) is 4.28. The van der Waals surface area contributed by atoms with Crippen molar-refractivity contribution >= 4 is 22.3 Å². The molecule has 1 unspecified atom stereocenters. The Labute approximate surface area is 173 Å². The van der Waals surface area contributed by atoms with E-state index in [-0.39, 0.29) is 5.63 Å². The molecule has 4 nitrogen and oxygen atoms in total. The van der Waals surface area contributed by atoms with Crippen molar-refractivity contribution in [2.75, 3.05) is 6.54 Å². The standard InChI is InChI=1S/C24H23NO3S/c1-17-7-8-21-20(12-24(27)28-23(21)11-17)14-25(13-18-5-3-2-4-6-18)15-22(26)19-9-10-29-16-19/h2-12,16,22,26H,13-15H2,1H3. The summed E-state index contributed by atoms with van der Waals surface area (Å²) in [4.78, 5) is 14.3. The molecule has 2 heterocycles. The number of nitrogens with zero attached hydrogens (tertiary/aromatic N) is 1. The number of hydrogen-bond donors (Lipinski definition) is 1. The van der Waals surface area contributed by atoms with Crippen LogP contribution in [0.2, 0.25) is 0 Å². The van der Waals surface area contributed by atoms with Crippen molar-refractivity contribution in [2.45, 2.75) is 26.1 Å². The second kappa shape index (κ2) is 8.74. The minimum absolute atomic E-state index is 0.351. The lowest BCUT2D eigenvalue weighted by molar-refractivity contribution is 0.105. The number of hydrogen-bond acceptors (Lipinski definition) is 5. The molecule has 0 aliphatic rings. The van der Waals surface area contributed by atoms with Gasteiger partial charge in [0, 0.05) is 31.1 Å². The first-order valence-corrected chi connectivity index (χ1v) is 10.5. The van der Waals surface area contributed by atoms with Gasteiger partial charge in [-0.3, -0.25) is 4.90 Å². The van der Waals surface area contributed by atoms with E-state index >= 15 is 0 Å². The van der Waals surface area contributed by atoms with Crippen LogP contribution in [0.3, 0.4) is 0 Å². The van der Waals surface area contributed by atoms with Gasteiger partial charge in [0.15, 0.2) is 0 Å². The highest BCUT2D eigenvalue weighted by Gasteiger charge is 2.17. The predicted molar refractivity (Wildman–Crippen MR) is 117 cm³/mol.